The van der Waals surface area contributed by atoms with Crippen LogP contribution in [0.15, 0.2) is 22.8 Å². The summed E-state index contributed by atoms with van der Waals surface area (Å²) in [5, 5.41) is 42.8. The van der Waals surface area contributed by atoms with E-state index in [4.69, 9.17) is 0 Å². The quantitative estimate of drug-likeness (QED) is 0.400. The van der Waals surface area contributed by atoms with Gasteiger partial charge in [-0.1, -0.05) is 64.3 Å². The van der Waals surface area contributed by atoms with E-state index in [1.165, 1.54) is 16.7 Å². The Morgan fingerprint density at radius 1 is 0.886 bits per heavy atom. The zero-order valence-electron chi connectivity index (χ0n) is 22.6. The molecule has 5 aliphatic rings. The van der Waals surface area contributed by atoms with Crippen LogP contribution in [0.3, 0.4) is 0 Å². The molecule has 8 unspecified atom stereocenters. The number of aliphatic hydroxyl groups excluding tert-OH is 3. The van der Waals surface area contributed by atoms with Crippen molar-refractivity contribution in [3.8, 4) is 0 Å². The lowest BCUT2D eigenvalue weighted by atomic mass is 9.37. The number of fused-ring (bicyclic) bond motifs is 6. The minimum Gasteiger partial charge on any atom is -0.481 e. The van der Waals surface area contributed by atoms with Crippen molar-refractivity contribution in [2.75, 3.05) is 6.61 Å². The fraction of sp³-hybridized carbons (Fsp3) is 0.833. The van der Waals surface area contributed by atoms with Gasteiger partial charge >= 0.3 is 5.97 Å². The summed E-state index contributed by atoms with van der Waals surface area (Å²) < 4.78 is 0. The summed E-state index contributed by atoms with van der Waals surface area (Å²) in [6.45, 7) is 13.3. The van der Waals surface area contributed by atoms with Gasteiger partial charge in [-0.15, -0.1) is 0 Å². The molecule has 196 valence electrons. The molecule has 5 aliphatic carbocycles. The number of aliphatic carboxylic acids is 1. The van der Waals surface area contributed by atoms with Crippen molar-refractivity contribution >= 4 is 5.97 Å². The van der Waals surface area contributed by atoms with Crippen molar-refractivity contribution < 1.29 is 25.2 Å². The number of carbonyl (C=O) groups is 1. The lowest BCUT2D eigenvalue weighted by Gasteiger charge is -2.67. The SMILES string of the molecule is CC1(C)CCC2(C(=O)O)CCC3(C)C(=CCC4=C5CC(O)C(O)C(C)(CO)C5(C)CCC43C)C2C1. The van der Waals surface area contributed by atoms with E-state index in [1.54, 1.807) is 0 Å². The van der Waals surface area contributed by atoms with Crippen LogP contribution in [0.25, 0.3) is 0 Å². The number of hydrogen-bond donors (Lipinski definition) is 4. The summed E-state index contributed by atoms with van der Waals surface area (Å²) >= 11 is 0. The largest absolute Gasteiger partial charge is 0.481 e. The van der Waals surface area contributed by atoms with Crippen molar-refractivity contribution in [2.24, 2.45) is 38.4 Å². The summed E-state index contributed by atoms with van der Waals surface area (Å²) in [7, 11) is 0. The Balaban J connectivity index is 1.68. The van der Waals surface area contributed by atoms with E-state index in [2.05, 4.69) is 40.7 Å². The summed E-state index contributed by atoms with van der Waals surface area (Å²) in [4.78, 5) is 12.8. The van der Waals surface area contributed by atoms with Crippen LogP contribution in [0, 0.1) is 38.4 Å². The first kappa shape index (κ1) is 25.5. The van der Waals surface area contributed by atoms with Gasteiger partial charge in [0, 0.05) is 5.41 Å². The molecular weight excluding hydrogens is 440 g/mol. The lowest BCUT2D eigenvalue weighted by molar-refractivity contribution is -0.166. The molecular formula is C30H46O5. The first-order valence-corrected chi connectivity index (χ1v) is 13.8. The van der Waals surface area contributed by atoms with E-state index in [1.807, 2.05) is 6.92 Å². The molecule has 4 N–H and O–H groups in total. The van der Waals surface area contributed by atoms with E-state index in [0.717, 1.165) is 51.4 Å². The average molecular weight is 487 g/mol. The van der Waals surface area contributed by atoms with Gasteiger partial charge in [-0.2, -0.15) is 0 Å². The van der Waals surface area contributed by atoms with Gasteiger partial charge in [0.05, 0.1) is 24.2 Å². The van der Waals surface area contributed by atoms with E-state index in [-0.39, 0.29) is 34.2 Å². The maximum Gasteiger partial charge on any atom is 0.310 e. The second kappa shape index (κ2) is 7.45. The van der Waals surface area contributed by atoms with Crippen LogP contribution in [0.4, 0.5) is 0 Å². The van der Waals surface area contributed by atoms with Gasteiger partial charge in [0.25, 0.3) is 0 Å². The van der Waals surface area contributed by atoms with Crippen LogP contribution in [-0.2, 0) is 4.79 Å². The molecule has 0 saturated heterocycles. The van der Waals surface area contributed by atoms with Gasteiger partial charge in [-0.05, 0) is 85.4 Å². The summed E-state index contributed by atoms with van der Waals surface area (Å²) in [5.41, 5.74) is 2.07. The molecule has 8 atom stereocenters. The highest BCUT2D eigenvalue weighted by molar-refractivity contribution is 5.76. The number of carboxylic acid groups (broad SMARTS) is 1. The summed E-state index contributed by atoms with van der Waals surface area (Å²) in [6.07, 6.45) is 7.81. The van der Waals surface area contributed by atoms with Crippen LogP contribution in [0.5, 0.6) is 0 Å². The molecule has 0 aromatic rings. The number of carboxylic acids is 1. The molecule has 0 amide bonds. The molecule has 5 nitrogen and oxygen atoms in total. The fourth-order valence-electron chi connectivity index (χ4n) is 9.58. The molecule has 5 heteroatoms. The smallest absolute Gasteiger partial charge is 0.310 e. The second-order valence-electron chi connectivity index (χ2n) is 14.5. The monoisotopic (exact) mass is 486 g/mol. The Labute approximate surface area is 210 Å². The Kier molecular flexibility index (Phi) is 5.42. The third-order valence-electron chi connectivity index (χ3n) is 12.8. The Morgan fingerprint density at radius 3 is 2.11 bits per heavy atom. The highest BCUT2D eigenvalue weighted by Crippen LogP contribution is 2.73. The molecule has 0 aromatic heterocycles. The van der Waals surface area contributed by atoms with Gasteiger partial charge in [0.1, 0.15) is 0 Å². The Bertz CT molecular complexity index is 1010. The van der Waals surface area contributed by atoms with Crippen LogP contribution >= 0.6 is 0 Å². The van der Waals surface area contributed by atoms with Crippen molar-refractivity contribution in [1.82, 2.24) is 0 Å². The van der Waals surface area contributed by atoms with Crippen molar-refractivity contribution in [3.63, 3.8) is 0 Å². The zero-order valence-corrected chi connectivity index (χ0v) is 22.6. The fourth-order valence-corrected chi connectivity index (χ4v) is 9.58. The third kappa shape index (κ3) is 2.95. The van der Waals surface area contributed by atoms with Crippen LogP contribution in [0.2, 0.25) is 0 Å². The highest BCUT2D eigenvalue weighted by atomic mass is 16.4. The minimum absolute atomic E-state index is 0.0701. The molecule has 0 aromatic carbocycles. The lowest BCUT2D eigenvalue weighted by Crippen LogP contribution is -2.62. The van der Waals surface area contributed by atoms with Crippen molar-refractivity contribution in [1.29, 1.82) is 0 Å². The van der Waals surface area contributed by atoms with Crippen LogP contribution < -0.4 is 0 Å². The number of hydrogen-bond acceptors (Lipinski definition) is 4. The molecule has 0 aliphatic heterocycles. The topological polar surface area (TPSA) is 98.0 Å². The maximum absolute atomic E-state index is 12.8. The molecule has 0 radical (unpaired) electrons. The number of allylic oxidation sites excluding steroid dienone is 3. The zero-order chi connectivity index (χ0) is 25.8. The molecule has 0 spiro atoms. The normalized spacial score (nSPS) is 50.9. The van der Waals surface area contributed by atoms with Crippen LogP contribution in [0.1, 0.15) is 99.3 Å². The van der Waals surface area contributed by atoms with E-state index < -0.39 is 29.0 Å². The first-order chi connectivity index (χ1) is 16.1. The van der Waals surface area contributed by atoms with Gasteiger partial charge in [-0.25, -0.2) is 0 Å². The predicted octanol–water partition coefficient (Wildman–Crippen LogP) is 5.24. The van der Waals surface area contributed by atoms with E-state index in [9.17, 15) is 25.2 Å². The molecule has 35 heavy (non-hydrogen) atoms. The van der Waals surface area contributed by atoms with E-state index in [0.29, 0.717) is 6.42 Å². The van der Waals surface area contributed by atoms with E-state index >= 15 is 0 Å². The van der Waals surface area contributed by atoms with Crippen molar-refractivity contribution in [2.45, 2.75) is 112 Å². The Morgan fingerprint density at radius 2 is 1.49 bits per heavy atom. The average Bonchev–Trinajstić information content (AvgIpc) is 2.79. The van der Waals surface area contributed by atoms with Gasteiger partial charge in [-0.3, -0.25) is 4.79 Å². The van der Waals surface area contributed by atoms with Crippen molar-refractivity contribution in [3.05, 3.63) is 22.8 Å². The molecule has 5 rings (SSSR count). The third-order valence-corrected chi connectivity index (χ3v) is 12.8. The standard InChI is InChI=1S/C30H46O5/c1-25(2)9-13-30(24(34)35)14-12-27(4)19(21(30)16-25)8-7-18-20-15-22(32)23(33)29(6,17-31)28(20,5)11-10-26(18,27)3/h8,21-23,31-33H,7,9-17H2,1-6H3,(H,34,35). The second-order valence-corrected chi connectivity index (χ2v) is 14.5. The molecule has 0 heterocycles. The number of rotatable bonds is 2. The highest BCUT2D eigenvalue weighted by Gasteiger charge is 2.67. The van der Waals surface area contributed by atoms with Gasteiger partial charge < -0.3 is 20.4 Å². The molecule has 3 saturated carbocycles. The maximum atomic E-state index is 12.8. The van der Waals surface area contributed by atoms with Gasteiger partial charge in [0.2, 0.25) is 0 Å². The van der Waals surface area contributed by atoms with Gasteiger partial charge in [0.15, 0.2) is 0 Å². The first-order valence-electron chi connectivity index (χ1n) is 13.8. The predicted molar refractivity (Wildman–Crippen MR) is 136 cm³/mol. The Hall–Kier alpha value is -1.17. The minimum atomic E-state index is -0.952. The molecule has 0 bridgehead atoms. The van der Waals surface area contributed by atoms with Crippen LogP contribution in [-0.4, -0.2) is 45.2 Å². The molecule has 3 fully saturated rings. The summed E-state index contributed by atoms with van der Waals surface area (Å²) in [5.74, 6) is -0.546. The number of aliphatic hydroxyl groups is 3. The summed E-state index contributed by atoms with van der Waals surface area (Å²) in [6, 6.07) is 0.